The Morgan fingerprint density at radius 3 is 2.71 bits per heavy atom. The summed E-state index contributed by atoms with van der Waals surface area (Å²) in [5.41, 5.74) is 14.5. The number of methoxy groups -OCH3 is 1. The van der Waals surface area contributed by atoms with Crippen LogP contribution in [-0.2, 0) is 25.8 Å². The fourth-order valence-electron chi connectivity index (χ4n) is 5.38. The molecule has 1 amide bonds. The minimum Gasteiger partial charge on any atom is -0.497 e. The Labute approximate surface area is 241 Å². The highest BCUT2D eigenvalue weighted by Crippen LogP contribution is 2.34. The lowest BCUT2D eigenvalue weighted by Crippen LogP contribution is -2.13. The molecule has 208 valence electrons. The van der Waals surface area contributed by atoms with Gasteiger partial charge in [0, 0.05) is 30.2 Å². The van der Waals surface area contributed by atoms with Gasteiger partial charge in [-0.05, 0) is 78.4 Å². The van der Waals surface area contributed by atoms with E-state index in [4.69, 9.17) is 15.5 Å². The Hall–Kier alpha value is -5.51. The monoisotopic (exact) mass is 556 g/mol. The van der Waals surface area contributed by atoms with Crippen LogP contribution in [0.2, 0.25) is 0 Å². The van der Waals surface area contributed by atoms with E-state index in [0.29, 0.717) is 11.6 Å². The molecule has 3 heterocycles. The summed E-state index contributed by atoms with van der Waals surface area (Å²) in [4.78, 5) is 26.9. The Morgan fingerprint density at radius 1 is 1.02 bits per heavy atom. The zero-order valence-corrected chi connectivity index (χ0v) is 23.0. The third-order valence-corrected chi connectivity index (χ3v) is 7.66. The van der Waals surface area contributed by atoms with Crippen molar-refractivity contribution in [2.45, 2.75) is 25.8 Å². The summed E-state index contributed by atoms with van der Waals surface area (Å²) >= 11 is 0. The van der Waals surface area contributed by atoms with Crippen molar-refractivity contribution in [1.82, 2.24) is 29.3 Å². The first-order chi connectivity index (χ1) is 20.6. The van der Waals surface area contributed by atoms with Gasteiger partial charge in [0.1, 0.15) is 11.3 Å². The molecule has 3 aromatic carbocycles. The van der Waals surface area contributed by atoms with Gasteiger partial charge in [0.25, 0.3) is 11.9 Å². The third-order valence-electron chi connectivity index (χ3n) is 7.66. The number of para-hydroxylation sites is 2. The van der Waals surface area contributed by atoms with Crippen molar-refractivity contribution in [3.63, 3.8) is 0 Å². The molecule has 1 aliphatic carbocycles. The fraction of sp³-hybridized carbons (Fsp3) is 0.156. The molecule has 0 atom stereocenters. The van der Waals surface area contributed by atoms with Crippen molar-refractivity contribution >= 4 is 28.4 Å². The van der Waals surface area contributed by atoms with Crippen LogP contribution in [0.3, 0.4) is 0 Å². The maximum atomic E-state index is 13.1. The van der Waals surface area contributed by atoms with Crippen LogP contribution in [0.4, 0.5) is 11.5 Å². The van der Waals surface area contributed by atoms with Gasteiger partial charge in [-0.15, -0.1) is 5.10 Å². The van der Waals surface area contributed by atoms with E-state index in [2.05, 4.69) is 31.0 Å². The highest BCUT2D eigenvalue weighted by molar-refractivity contribution is 6.07. The van der Waals surface area contributed by atoms with E-state index in [0.717, 1.165) is 65.0 Å². The van der Waals surface area contributed by atoms with Gasteiger partial charge in [0.2, 0.25) is 0 Å². The van der Waals surface area contributed by atoms with Gasteiger partial charge in [-0.3, -0.25) is 4.79 Å². The molecule has 0 saturated heterocycles. The van der Waals surface area contributed by atoms with Gasteiger partial charge in [0.05, 0.1) is 30.2 Å². The van der Waals surface area contributed by atoms with Crippen LogP contribution in [-0.4, -0.2) is 42.3 Å². The molecule has 6 aromatic rings. The number of anilines is 2. The Bertz CT molecular complexity index is 1940. The second-order valence-corrected chi connectivity index (χ2v) is 10.3. The number of benzene rings is 3. The van der Waals surface area contributed by atoms with Crippen molar-refractivity contribution in [3.05, 3.63) is 108 Å². The average molecular weight is 557 g/mol. The molecule has 0 aliphatic heterocycles. The largest absolute Gasteiger partial charge is 0.497 e. The number of aromatic nitrogens is 6. The van der Waals surface area contributed by atoms with Crippen molar-refractivity contribution in [3.8, 4) is 23.0 Å². The van der Waals surface area contributed by atoms with Gasteiger partial charge >= 0.3 is 0 Å². The smallest absolute Gasteiger partial charge is 0.261 e. The van der Waals surface area contributed by atoms with Gasteiger partial charge in [0.15, 0.2) is 5.82 Å². The van der Waals surface area contributed by atoms with Crippen LogP contribution < -0.4 is 15.8 Å². The molecule has 0 unspecified atom stereocenters. The normalized spacial score (nSPS) is 12.1. The quantitative estimate of drug-likeness (QED) is 0.288. The molecule has 0 fully saturated rings. The molecule has 0 saturated carbocycles. The minimum atomic E-state index is -0.355. The lowest BCUT2D eigenvalue weighted by Gasteiger charge is -2.19. The number of hydrogen-bond acceptors (Lipinski definition) is 7. The molecular weight excluding hydrogens is 528 g/mol. The lowest BCUT2D eigenvalue weighted by molar-refractivity contribution is 0.102. The molecule has 0 spiro atoms. The summed E-state index contributed by atoms with van der Waals surface area (Å²) in [6.45, 7) is 0.812. The molecule has 42 heavy (non-hydrogen) atoms. The summed E-state index contributed by atoms with van der Waals surface area (Å²) < 4.78 is 8.98. The summed E-state index contributed by atoms with van der Waals surface area (Å²) in [5, 5.41) is 7.26. The number of amides is 1. The Balaban J connectivity index is 1.05. The van der Waals surface area contributed by atoms with Crippen LogP contribution in [0.15, 0.2) is 85.5 Å². The molecular formula is C32H28N8O2. The van der Waals surface area contributed by atoms with Crippen molar-refractivity contribution < 1.29 is 9.53 Å². The first-order valence-electron chi connectivity index (χ1n) is 13.7. The molecule has 1 aliphatic rings. The predicted octanol–water partition coefficient (Wildman–Crippen LogP) is 4.86. The van der Waals surface area contributed by atoms with Crippen LogP contribution in [0, 0.1) is 0 Å². The maximum Gasteiger partial charge on any atom is 0.261 e. The minimum absolute atomic E-state index is 0.100. The average Bonchev–Trinajstić information content (AvgIpc) is 3.63. The lowest BCUT2D eigenvalue weighted by atomic mass is 9.90. The first-order valence-corrected chi connectivity index (χ1v) is 13.7. The third kappa shape index (κ3) is 4.72. The highest BCUT2D eigenvalue weighted by atomic mass is 16.5. The van der Waals surface area contributed by atoms with E-state index in [-0.39, 0.29) is 17.3 Å². The van der Waals surface area contributed by atoms with E-state index in [1.807, 2.05) is 73.2 Å². The van der Waals surface area contributed by atoms with Crippen LogP contribution in [0.1, 0.15) is 27.0 Å². The van der Waals surface area contributed by atoms with E-state index < -0.39 is 0 Å². The summed E-state index contributed by atoms with van der Waals surface area (Å²) in [6.07, 6.45) is 7.82. The highest BCUT2D eigenvalue weighted by Gasteiger charge is 2.21. The second-order valence-electron chi connectivity index (χ2n) is 10.3. The summed E-state index contributed by atoms with van der Waals surface area (Å²) in [5.74, 6) is 0.910. The maximum absolute atomic E-state index is 13.1. The topological polar surface area (TPSA) is 126 Å². The molecule has 0 bridgehead atoms. The number of fused-ring (bicyclic) bond motifs is 4. The van der Waals surface area contributed by atoms with Crippen LogP contribution in [0.25, 0.3) is 28.2 Å². The number of nitrogen functional groups attached to an aromatic ring is 1. The zero-order valence-electron chi connectivity index (χ0n) is 23.0. The number of hydrogen-bond donors (Lipinski definition) is 2. The summed E-state index contributed by atoms with van der Waals surface area (Å²) in [6, 6.07) is 21.9. The van der Waals surface area contributed by atoms with Gasteiger partial charge < -0.3 is 20.4 Å². The van der Waals surface area contributed by atoms with Gasteiger partial charge in [-0.25, -0.2) is 19.6 Å². The van der Waals surface area contributed by atoms with E-state index in [1.54, 1.807) is 13.3 Å². The van der Waals surface area contributed by atoms with Crippen molar-refractivity contribution in [1.29, 1.82) is 0 Å². The van der Waals surface area contributed by atoms with Crippen molar-refractivity contribution in [2.24, 2.45) is 0 Å². The summed E-state index contributed by atoms with van der Waals surface area (Å²) in [7, 11) is 1.66. The van der Waals surface area contributed by atoms with E-state index in [1.165, 1.54) is 10.2 Å². The van der Waals surface area contributed by atoms with E-state index >= 15 is 0 Å². The standard InChI is InChI=1S/C32H28N8O2/c1-42-24-12-13-25-21(16-24)8-9-22-17-34-32(37-29(22)25)40-18-26(30(33)38-40)31(41)36-23-10-6-20(7-11-23)14-15-39-19-35-27-4-2-3-5-28(27)39/h2-7,10-13,16-19H,8-9,14-15H2,1H3,(H2,33,38)(H,36,41). The number of carbonyl (C=O) groups excluding carboxylic acids is 1. The number of rotatable bonds is 7. The Kier molecular flexibility index (Phi) is 6.35. The fourth-order valence-corrected chi connectivity index (χ4v) is 5.38. The molecule has 0 radical (unpaired) electrons. The number of imidazole rings is 1. The first kappa shape index (κ1) is 25.5. The predicted molar refractivity (Wildman–Crippen MR) is 161 cm³/mol. The molecule has 3 N–H and O–H groups in total. The number of ether oxygens (including phenoxy) is 1. The molecule has 7 rings (SSSR count). The Morgan fingerprint density at radius 2 is 1.86 bits per heavy atom. The number of carbonyl (C=O) groups is 1. The number of nitrogens with zero attached hydrogens (tertiary/aromatic N) is 6. The van der Waals surface area contributed by atoms with Gasteiger partial charge in [-0.2, -0.15) is 0 Å². The SMILES string of the molecule is COc1ccc2c(c1)CCc1cnc(-n3cc(C(=O)Nc4ccc(CCn5cnc6ccccc65)cc4)c(N)n3)nc1-2. The second kappa shape index (κ2) is 10.5. The zero-order chi connectivity index (χ0) is 28.6. The van der Waals surface area contributed by atoms with Crippen LogP contribution in [0.5, 0.6) is 5.75 Å². The number of nitrogens with two attached hydrogens (primary N) is 1. The number of aryl methyl sites for hydroxylation is 4. The number of nitrogens with one attached hydrogen (secondary N) is 1. The van der Waals surface area contributed by atoms with Crippen LogP contribution >= 0.6 is 0 Å². The van der Waals surface area contributed by atoms with E-state index in [9.17, 15) is 4.79 Å². The van der Waals surface area contributed by atoms with Gasteiger partial charge in [-0.1, -0.05) is 24.3 Å². The molecule has 10 heteroatoms. The molecule has 10 nitrogen and oxygen atoms in total. The molecule has 3 aromatic heterocycles. The van der Waals surface area contributed by atoms with Crippen molar-refractivity contribution in [2.75, 3.05) is 18.2 Å².